The van der Waals surface area contributed by atoms with Crippen molar-refractivity contribution in [2.24, 2.45) is 0 Å². The smallest absolute Gasteiger partial charge is 0.0468 e. The van der Waals surface area contributed by atoms with Gasteiger partial charge in [0.25, 0.3) is 0 Å². The van der Waals surface area contributed by atoms with Crippen molar-refractivity contribution in [1.82, 2.24) is 0 Å². The molecule has 2 nitrogen and oxygen atoms in total. The molecule has 1 spiro atoms. The first kappa shape index (κ1) is 34.6. The lowest BCUT2D eigenvalue weighted by Crippen LogP contribution is -2.22. The second kappa shape index (κ2) is 13.5. The van der Waals surface area contributed by atoms with Crippen LogP contribution in [0.15, 0.2) is 194 Å². The van der Waals surface area contributed by atoms with E-state index in [9.17, 15) is 0 Å². The Bertz CT molecular complexity index is 2760. The Labute approximate surface area is 342 Å². The van der Waals surface area contributed by atoms with Gasteiger partial charge in [0.05, 0.1) is 0 Å². The van der Waals surface area contributed by atoms with Gasteiger partial charge >= 0.3 is 0 Å². The van der Waals surface area contributed by atoms with Crippen molar-refractivity contribution < 1.29 is 0 Å². The molecule has 0 aromatic heterocycles. The zero-order valence-corrected chi connectivity index (χ0v) is 33.2. The van der Waals surface area contributed by atoms with Crippen LogP contribution in [0.5, 0.6) is 0 Å². The monoisotopic (exact) mass is 746 g/mol. The van der Waals surface area contributed by atoms with Crippen LogP contribution in [0.3, 0.4) is 0 Å². The minimum Gasteiger partial charge on any atom is -0.310 e. The summed E-state index contributed by atoms with van der Waals surface area (Å²) in [4.78, 5) is 4.90. The fraction of sp³-hybridized carbons (Fsp3) is 0.143. The zero-order valence-electron chi connectivity index (χ0n) is 33.2. The third kappa shape index (κ3) is 5.46. The summed E-state index contributed by atoms with van der Waals surface area (Å²) in [7, 11) is 0. The quantitative estimate of drug-likeness (QED) is 0.160. The summed E-state index contributed by atoms with van der Waals surface area (Å²) >= 11 is 0. The molecule has 0 fully saturated rings. The van der Waals surface area contributed by atoms with E-state index in [1.54, 1.807) is 0 Å². The molecule has 8 aromatic carbocycles. The van der Waals surface area contributed by atoms with Crippen LogP contribution in [0, 0.1) is 0 Å². The van der Waals surface area contributed by atoms with Gasteiger partial charge in [0.1, 0.15) is 0 Å². The molecule has 3 aliphatic rings. The maximum Gasteiger partial charge on any atom is 0.0468 e. The van der Waals surface area contributed by atoms with E-state index in [2.05, 4.69) is 218 Å². The average molecular weight is 747 g/mol. The molecule has 11 rings (SSSR count). The summed E-state index contributed by atoms with van der Waals surface area (Å²) in [6.07, 6.45) is 4.46. The number of nitrogens with zero attached hydrogens (tertiary/aromatic N) is 2. The number of rotatable bonds is 7. The third-order valence-electron chi connectivity index (χ3n) is 13.5. The molecular weight excluding hydrogens is 701 g/mol. The fourth-order valence-electron chi connectivity index (χ4n) is 10.6. The van der Waals surface area contributed by atoms with E-state index in [0.717, 1.165) is 31.4 Å². The van der Waals surface area contributed by atoms with Gasteiger partial charge < -0.3 is 9.80 Å². The minimum atomic E-state index is -0.0438. The lowest BCUT2D eigenvalue weighted by atomic mass is 9.76. The summed E-state index contributed by atoms with van der Waals surface area (Å²) in [5, 5.41) is 0. The summed E-state index contributed by atoms with van der Waals surface area (Å²) in [6.45, 7) is 4.72. The van der Waals surface area contributed by atoms with Crippen molar-refractivity contribution in [1.29, 1.82) is 0 Å². The van der Waals surface area contributed by atoms with Crippen molar-refractivity contribution in [2.75, 3.05) is 9.80 Å². The van der Waals surface area contributed by atoms with Crippen LogP contribution >= 0.6 is 0 Å². The molecule has 0 heterocycles. The Morgan fingerprint density at radius 1 is 0.345 bits per heavy atom. The molecule has 2 heteroatoms. The predicted octanol–water partition coefficient (Wildman–Crippen LogP) is 14.8. The number of anilines is 6. The first-order valence-corrected chi connectivity index (χ1v) is 20.9. The largest absolute Gasteiger partial charge is 0.310 e. The standard InChI is InChI=1S/C56H46N2/c1-55(2)51-21-13-12-20-49(51)50-36-46(30-31-52(50)55)58(45-26-22-40(23-27-45)39-14-6-3-7-15-39)48-29-25-42-33-35-56(54(42)38-48)34-32-41-24-28-47(37-53(41)56)57(43-16-8-4-9-17-43)44-18-10-5-11-19-44/h3-31,36-38H,32-35H2,1-2H3/t56-/m1/s1. The van der Waals surface area contributed by atoms with Gasteiger partial charge in [-0.3, -0.25) is 0 Å². The molecule has 0 unspecified atom stereocenters. The average Bonchev–Trinajstić information content (AvgIpc) is 3.91. The Balaban J connectivity index is 1.05. The molecule has 280 valence electrons. The van der Waals surface area contributed by atoms with Crippen LogP contribution in [0.4, 0.5) is 34.1 Å². The highest BCUT2D eigenvalue weighted by Crippen LogP contribution is 2.56. The highest BCUT2D eigenvalue weighted by atomic mass is 15.1. The Morgan fingerprint density at radius 3 is 1.38 bits per heavy atom. The maximum absolute atomic E-state index is 2.55. The highest BCUT2D eigenvalue weighted by molar-refractivity contribution is 5.87. The molecule has 3 aliphatic carbocycles. The second-order valence-electron chi connectivity index (χ2n) is 16.9. The zero-order chi connectivity index (χ0) is 38.8. The van der Waals surface area contributed by atoms with E-state index >= 15 is 0 Å². The van der Waals surface area contributed by atoms with Crippen LogP contribution in [0.2, 0.25) is 0 Å². The van der Waals surface area contributed by atoms with E-state index < -0.39 is 0 Å². The van der Waals surface area contributed by atoms with Gasteiger partial charge in [0, 0.05) is 45.0 Å². The summed E-state index contributed by atoms with van der Waals surface area (Å²) in [5.74, 6) is 0. The SMILES string of the molecule is CC1(C)c2ccccc2-c2cc(N(c3ccc(-c4ccccc4)cc3)c3ccc4c(c3)[C@]3(CCc5ccc(N(c6ccccc6)c6ccccc6)cc53)CC4)ccc21. The van der Waals surface area contributed by atoms with Crippen LogP contribution in [0.25, 0.3) is 22.3 Å². The third-order valence-corrected chi connectivity index (χ3v) is 13.5. The van der Waals surface area contributed by atoms with Gasteiger partial charge in [0.15, 0.2) is 0 Å². The molecular formula is C56H46N2. The van der Waals surface area contributed by atoms with Crippen molar-refractivity contribution in [2.45, 2.75) is 50.4 Å². The first-order valence-electron chi connectivity index (χ1n) is 20.9. The number of benzene rings is 8. The Kier molecular flexibility index (Phi) is 8.05. The maximum atomic E-state index is 2.55. The van der Waals surface area contributed by atoms with E-state index in [1.807, 2.05) is 0 Å². The van der Waals surface area contributed by atoms with Crippen LogP contribution < -0.4 is 9.80 Å². The fourth-order valence-corrected chi connectivity index (χ4v) is 10.6. The van der Waals surface area contributed by atoms with Gasteiger partial charge in [-0.05, 0) is 154 Å². The van der Waals surface area contributed by atoms with E-state index in [1.165, 1.54) is 84.1 Å². The molecule has 8 aromatic rings. The topological polar surface area (TPSA) is 6.48 Å². The van der Waals surface area contributed by atoms with Crippen LogP contribution in [-0.2, 0) is 23.7 Å². The number of fused-ring (bicyclic) bond motifs is 7. The van der Waals surface area contributed by atoms with Crippen LogP contribution in [-0.4, -0.2) is 0 Å². The van der Waals surface area contributed by atoms with Crippen molar-refractivity contribution >= 4 is 34.1 Å². The molecule has 0 saturated heterocycles. The van der Waals surface area contributed by atoms with Gasteiger partial charge in [-0.25, -0.2) is 0 Å². The van der Waals surface area contributed by atoms with Gasteiger partial charge in [-0.2, -0.15) is 0 Å². The normalized spacial score (nSPS) is 16.7. The van der Waals surface area contributed by atoms with Crippen molar-refractivity contribution in [3.05, 3.63) is 228 Å². The molecule has 0 aliphatic heterocycles. The highest BCUT2D eigenvalue weighted by Gasteiger charge is 2.45. The summed E-state index contributed by atoms with van der Waals surface area (Å²) < 4.78 is 0. The number of hydrogen-bond donors (Lipinski definition) is 0. The van der Waals surface area contributed by atoms with E-state index in [4.69, 9.17) is 0 Å². The lowest BCUT2D eigenvalue weighted by molar-refractivity contribution is 0.507. The van der Waals surface area contributed by atoms with Gasteiger partial charge in [-0.1, -0.05) is 135 Å². The number of para-hydroxylation sites is 2. The Morgan fingerprint density at radius 2 is 0.776 bits per heavy atom. The van der Waals surface area contributed by atoms with E-state index in [-0.39, 0.29) is 10.8 Å². The molecule has 1 atom stereocenters. The predicted molar refractivity (Wildman–Crippen MR) is 243 cm³/mol. The summed E-state index contributed by atoms with van der Waals surface area (Å²) in [6, 6.07) is 72.2. The first-order chi connectivity index (χ1) is 28.5. The minimum absolute atomic E-state index is 0.0283. The number of hydrogen-bond acceptors (Lipinski definition) is 2. The second-order valence-corrected chi connectivity index (χ2v) is 16.9. The molecule has 58 heavy (non-hydrogen) atoms. The summed E-state index contributed by atoms with van der Waals surface area (Å²) in [5.41, 5.74) is 20.9. The van der Waals surface area contributed by atoms with Gasteiger partial charge in [0.2, 0.25) is 0 Å². The molecule has 0 N–H and O–H groups in total. The van der Waals surface area contributed by atoms with Crippen molar-refractivity contribution in [3.63, 3.8) is 0 Å². The molecule has 0 bridgehead atoms. The van der Waals surface area contributed by atoms with Gasteiger partial charge in [-0.15, -0.1) is 0 Å². The molecule has 0 radical (unpaired) electrons. The van der Waals surface area contributed by atoms with Crippen molar-refractivity contribution in [3.8, 4) is 22.3 Å². The number of aryl methyl sites for hydroxylation is 2. The Hall–Kier alpha value is -6.64. The molecule has 0 amide bonds. The lowest BCUT2D eigenvalue weighted by Gasteiger charge is -2.32. The van der Waals surface area contributed by atoms with E-state index in [0.29, 0.717) is 0 Å². The van der Waals surface area contributed by atoms with Crippen LogP contribution in [0.1, 0.15) is 60.1 Å². The molecule has 0 saturated carbocycles.